The van der Waals surface area contributed by atoms with E-state index in [2.05, 4.69) is 18.2 Å². The molecular weight excluding hydrogens is 312 g/mol. The molecule has 2 fully saturated rings. The first-order valence-electron chi connectivity index (χ1n) is 8.42. The summed E-state index contributed by atoms with van der Waals surface area (Å²) in [4.78, 5) is 14.7. The van der Waals surface area contributed by atoms with Crippen LogP contribution >= 0.6 is 0 Å². The van der Waals surface area contributed by atoms with Crippen molar-refractivity contribution in [3.8, 4) is 0 Å². The molecule has 4 aliphatic rings. The van der Waals surface area contributed by atoms with E-state index >= 15 is 0 Å². The molecule has 5 rings (SSSR count). The van der Waals surface area contributed by atoms with Crippen molar-refractivity contribution in [2.24, 2.45) is 0 Å². The summed E-state index contributed by atoms with van der Waals surface area (Å²) in [6, 6.07) is 8.61. The van der Waals surface area contributed by atoms with Gasteiger partial charge in [0.15, 0.2) is 0 Å². The number of hydrogen-bond donors (Lipinski definition) is 0. The Balaban J connectivity index is 1.46. The van der Waals surface area contributed by atoms with E-state index in [1.165, 1.54) is 15.4 Å². The highest BCUT2D eigenvalue weighted by molar-refractivity contribution is 7.89. The van der Waals surface area contributed by atoms with Gasteiger partial charge in [0, 0.05) is 32.0 Å². The summed E-state index contributed by atoms with van der Waals surface area (Å²) >= 11 is 0. The first-order chi connectivity index (χ1) is 11.1. The van der Waals surface area contributed by atoms with Crippen LogP contribution in [0, 0.1) is 0 Å². The van der Waals surface area contributed by atoms with Gasteiger partial charge in [-0.05, 0) is 30.4 Å². The van der Waals surface area contributed by atoms with Crippen molar-refractivity contribution in [3.63, 3.8) is 0 Å². The van der Waals surface area contributed by atoms with Gasteiger partial charge in [-0.3, -0.25) is 4.79 Å². The highest BCUT2D eigenvalue weighted by Gasteiger charge is 2.40. The molecule has 3 aliphatic heterocycles. The zero-order valence-electron chi connectivity index (χ0n) is 13.1. The van der Waals surface area contributed by atoms with Gasteiger partial charge in [-0.15, -0.1) is 0 Å². The maximum Gasteiger partial charge on any atom is 0.224 e. The molecule has 2 saturated heterocycles. The van der Waals surface area contributed by atoms with Crippen LogP contribution in [0.3, 0.4) is 0 Å². The highest BCUT2D eigenvalue weighted by Crippen LogP contribution is 2.46. The smallest absolute Gasteiger partial charge is 0.224 e. The van der Waals surface area contributed by atoms with Crippen LogP contribution in [0.1, 0.15) is 48.8 Å². The van der Waals surface area contributed by atoms with Crippen molar-refractivity contribution in [1.82, 2.24) is 9.21 Å². The molecule has 1 aliphatic carbocycles. The Hall–Kier alpha value is -1.40. The standard InChI is InChI=1S/C17H22N2O3S/c20-17(8-10-18-9-3-11-23(18,21)22)19-12-13-6-7-16(19)15-5-2-1-4-14(13)15/h1-2,4-5,13,16H,3,6-12H2/t13-,16+/m1/s1. The monoisotopic (exact) mass is 334 g/mol. The van der Waals surface area contributed by atoms with Gasteiger partial charge < -0.3 is 4.90 Å². The van der Waals surface area contributed by atoms with E-state index in [1.807, 2.05) is 11.0 Å². The number of rotatable bonds is 3. The molecular formula is C17H22N2O3S. The van der Waals surface area contributed by atoms with Crippen LogP contribution in [0.4, 0.5) is 0 Å². The lowest BCUT2D eigenvalue weighted by molar-refractivity contribution is -0.136. The Labute approximate surface area is 137 Å². The van der Waals surface area contributed by atoms with E-state index in [4.69, 9.17) is 0 Å². The fourth-order valence-corrected chi connectivity index (χ4v) is 5.85. The quantitative estimate of drug-likeness (QED) is 0.848. The molecule has 5 nitrogen and oxygen atoms in total. The summed E-state index contributed by atoms with van der Waals surface area (Å²) < 4.78 is 25.2. The number of fused-ring (bicyclic) bond motifs is 2. The predicted octanol–water partition coefficient (Wildman–Crippen LogP) is 1.87. The molecule has 3 heterocycles. The molecule has 1 aromatic rings. The number of piperidine rings is 1. The number of sulfonamides is 1. The molecule has 0 unspecified atom stereocenters. The molecule has 0 saturated carbocycles. The van der Waals surface area contributed by atoms with Crippen LogP contribution in [-0.4, -0.2) is 48.9 Å². The average Bonchev–Trinajstić information content (AvgIpc) is 2.91. The largest absolute Gasteiger partial charge is 0.335 e. The van der Waals surface area contributed by atoms with Gasteiger partial charge in [0.1, 0.15) is 0 Å². The van der Waals surface area contributed by atoms with Gasteiger partial charge in [-0.2, -0.15) is 0 Å². The molecule has 2 bridgehead atoms. The topological polar surface area (TPSA) is 57.7 Å². The summed E-state index contributed by atoms with van der Waals surface area (Å²) in [6.07, 6.45) is 3.14. The molecule has 1 aromatic carbocycles. The van der Waals surface area contributed by atoms with Gasteiger partial charge in [-0.25, -0.2) is 12.7 Å². The predicted molar refractivity (Wildman–Crippen MR) is 87.5 cm³/mol. The zero-order valence-corrected chi connectivity index (χ0v) is 14.0. The second kappa shape index (κ2) is 5.60. The third-order valence-electron chi connectivity index (χ3n) is 5.48. The van der Waals surface area contributed by atoms with Gasteiger partial charge in [0.05, 0.1) is 11.8 Å². The lowest BCUT2D eigenvalue weighted by Crippen LogP contribution is -2.46. The van der Waals surface area contributed by atoms with E-state index in [0.717, 1.165) is 19.4 Å². The molecule has 124 valence electrons. The lowest BCUT2D eigenvalue weighted by atomic mass is 9.75. The Morgan fingerprint density at radius 1 is 1.17 bits per heavy atom. The van der Waals surface area contributed by atoms with Crippen molar-refractivity contribution in [3.05, 3.63) is 35.4 Å². The van der Waals surface area contributed by atoms with Crippen LogP contribution in [0.25, 0.3) is 0 Å². The molecule has 0 spiro atoms. The average molecular weight is 334 g/mol. The SMILES string of the molecule is O=C(CCN1CCCS1(=O)=O)N1C[C@H]2CC[C@H]1c1ccccc12. The normalized spacial score (nSPS) is 28.8. The second-order valence-electron chi connectivity index (χ2n) is 6.78. The number of hydrogen-bond acceptors (Lipinski definition) is 3. The van der Waals surface area contributed by atoms with Crippen LogP contribution < -0.4 is 0 Å². The molecule has 0 N–H and O–H groups in total. The van der Waals surface area contributed by atoms with Gasteiger partial charge in [-0.1, -0.05) is 24.3 Å². The summed E-state index contributed by atoms with van der Waals surface area (Å²) in [5.74, 6) is 0.759. The van der Waals surface area contributed by atoms with Gasteiger partial charge in [0.25, 0.3) is 0 Å². The third-order valence-corrected chi connectivity index (χ3v) is 7.43. The Morgan fingerprint density at radius 3 is 2.70 bits per heavy atom. The zero-order chi connectivity index (χ0) is 16.0. The number of carbonyl (C=O) groups is 1. The fraction of sp³-hybridized carbons (Fsp3) is 0.588. The first-order valence-corrected chi connectivity index (χ1v) is 10.0. The maximum absolute atomic E-state index is 12.7. The number of carbonyl (C=O) groups excluding carboxylic acids is 1. The van der Waals surface area contributed by atoms with E-state index in [1.54, 1.807) is 0 Å². The second-order valence-corrected chi connectivity index (χ2v) is 8.87. The molecule has 6 heteroatoms. The number of amides is 1. The third kappa shape index (κ3) is 2.58. The van der Waals surface area contributed by atoms with Crippen molar-refractivity contribution in [2.75, 3.05) is 25.4 Å². The van der Waals surface area contributed by atoms with Gasteiger partial charge >= 0.3 is 0 Å². The highest BCUT2D eigenvalue weighted by atomic mass is 32.2. The maximum atomic E-state index is 12.7. The number of benzene rings is 1. The van der Waals surface area contributed by atoms with Crippen molar-refractivity contribution in [2.45, 2.75) is 37.6 Å². The molecule has 2 atom stereocenters. The van der Waals surface area contributed by atoms with Gasteiger partial charge in [0.2, 0.25) is 15.9 Å². The minimum absolute atomic E-state index is 0.0938. The molecule has 0 radical (unpaired) electrons. The molecule has 23 heavy (non-hydrogen) atoms. The summed E-state index contributed by atoms with van der Waals surface area (Å²) in [7, 11) is -3.11. The van der Waals surface area contributed by atoms with E-state index in [9.17, 15) is 13.2 Å². The fourth-order valence-electron chi connectivity index (χ4n) is 4.32. The van der Waals surface area contributed by atoms with E-state index in [-0.39, 0.29) is 17.7 Å². The van der Waals surface area contributed by atoms with Crippen LogP contribution in [0.2, 0.25) is 0 Å². The molecule has 0 aromatic heterocycles. The van der Waals surface area contributed by atoms with Crippen LogP contribution in [0.15, 0.2) is 24.3 Å². The van der Waals surface area contributed by atoms with E-state index < -0.39 is 10.0 Å². The first kappa shape index (κ1) is 15.1. The Bertz CT molecular complexity index is 731. The summed E-state index contributed by atoms with van der Waals surface area (Å²) in [5.41, 5.74) is 2.69. The number of nitrogens with zero attached hydrogens (tertiary/aromatic N) is 2. The van der Waals surface area contributed by atoms with Crippen molar-refractivity contribution < 1.29 is 13.2 Å². The van der Waals surface area contributed by atoms with Crippen LogP contribution in [-0.2, 0) is 14.8 Å². The van der Waals surface area contributed by atoms with Crippen LogP contribution in [0.5, 0.6) is 0 Å². The summed E-state index contributed by atoms with van der Waals surface area (Å²) in [5, 5.41) is 0. The minimum atomic E-state index is -3.11. The van der Waals surface area contributed by atoms with Crippen molar-refractivity contribution in [1.29, 1.82) is 0 Å². The molecule has 1 amide bonds. The Morgan fingerprint density at radius 2 is 1.96 bits per heavy atom. The minimum Gasteiger partial charge on any atom is -0.335 e. The Kier molecular flexibility index (Phi) is 3.69. The summed E-state index contributed by atoms with van der Waals surface area (Å²) in [6.45, 7) is 1.68. The van der Waals surface area contributed by atoms with Crippen molar-refractivity contribution >= 4 is 15.9 Å². The lowest BCUT2D eigenvalue weighted by Gasteiger charge is -2.46. The van der Waals surface area contributed by atoms with E-state index in [0.29, 0.717) is 31.8 Å².